The normalized spacial score (nSPS) is 28.7. The molecule has 2 aliphatic rings. The number of hydrogen-bond donors (Lipinski definition) is 1. The summed E-state index contributed by atoms with van der Waals surface area (Å²) in [5, 5.41) is 3.65. The first-order valence-electron chi connectivity index (χ1n) is 6.89. The van der Waals surface area contributed by atoms with Crippen molar-refractivity contribution < 1.29 is 0 Å². The van der Waals surface area contributed by atoms with Crippen LogP contribution in [0.1, 0.15) is 32.6 Å². The Hall–Kier alpha value is 0.270. The minimum absolute atomic E-state index is 0.784. The molecule has 16 heavy (non-hydrogen) atoms. The van der Waals surface area contributed by atoms with Crippen molar-refractivity contribution in [2.75, 3.05) is 37.7 Å². The van der Waals surface area contributed by atoms with Crippen LogP contribution in [0.15, 0.2) is 0 Å². The fourth-order valence-electron chi connectivity index (χ4n) is 2.84. The van der Waals surface area contributed by atoms with Crippen LogP contribution in [-0.2, 0) is 0 Å². The van der Waals surface area contributed by atoms with Crippen LogP contribution in [0, 0.1) is 5.92 Å². The minimum atomic E-state index is 0.784. The molecule has 1 N–H and O–H groups in total. The molecule has 2 nitrogen and oxygen atoms in total. The van der Waals surface area contributed by atoms with Gasteiger partial charge in [0, 0.05) is 37.2 Å². The first kappa shape index (κ1) is 12.7. The number of rotatable bonds is 5. The molecule has 1 aliphatic carbocycles. The summed E-state index contributed by atoms with van der Waals surface area (Å²) in [4.78, 5) is 2.64. The quantitative estimate of drug-likeness (QED) is 0.744. The van der Waals surface area contributed by atoms with Gasteiger partial charge in [-0.15, -0.1) is 0 Å². The Bertz CT molecular complexity index is 192. The summed E-state index contributed by atoms with van der Waals surface area (Å²) < 4.78 is 0. The van der Waals surface area contributed by atoms with Gasteiger partial charge >= 0.3 is 0 Å². The van der Waals surface area contributed by atoms with Crippen LogP contribution < -0.4 is 5.32 Å². The van der Waals surface area contributed by atoms with E-state index in [2.05, 4.69) is 28.9 Å². The Morgan fingerprint density at radius 3 is 2.88 bits per heavy atom. The van der Waals surface area contributed by atoms with Gasteiger partial charge < -0.3 is 5.32 Å². The average Bonchev–Trinajstić information content (AvgIpc) is 2.79. The third-order valence-electron chi connectivity index (χ3n) is 3.99. The lowest BCUT2D eigenvalue weighted by Gasteiger charge is -2.33. The average molecular weight is 242 g/mol. The van der Waals surface area contributed by atoms with Crippen molar-refractivity contribution in [1.82, 2.24) is 10.2 Å². The molecule has 1 saturated heterocycles. The zero-order valence-corrected chi connectivity index (χ0v) is 11.4. The van der Waals surface area contributed by atoms with E-state index in [1.165, 1.54) is 63.4 Å². The van der Waals surface area contributed by atoms with E-state index in [4.69, 9.17) is 0 Å². The van der Waals surface area contributed by atoms with Crippen LogP contribution in [0.25, 0.3) is 0 Å². The molecule has 0 bridgehead atoms. The van der Waals surface area contributed by atoms with Gasteiger partial charge in [-0.3, -0.25) is 4.90 Å². The smallest absolute Gasteiger partial charge is 0.0158 e. The topological polar surface area (TPSA) is 15.3 Å². The van der Waals surface area contributed by atoms with Crippen molar-refractivity contribution in [3.63, 3.8) is 0 Å². The van der Waals surface area contributed by atoms with Gasteiger partial charge in [0.15, 0.2) is 0 Å². The lowest BCUT2D eigenvalue weighted by atomic mass is 10.1. The first-order chi connectivity index (χ1) is 7.86. The fourth-order valence-corrected chi connectivity index (χ4v) is 3.92. The van der Waals surface area contributed by atoms with Crippen molar-refractivity contribution >= 4 is 11.8 Å². The van der Waals surface area contributed by atoms with Gasteiger partial charge in [-0.1, -0.05) is 12.8 Å². The van der Waals surface area contributed by atoms with Crippen LogP contribution >= 0.6 is 11.8 Å². The van der Waals surface area contributed by atoms with Crippen LogP contribution in [0.4, 0.5) is 0 Å². The minimum Gasteiger partial charge on any atom is -0.315 e. The summed E-state index contributed by atoms with van der Waals surface area (Å²) in [6, 6.07) is 0.784. The highest BCUT2D eigenvalue weighted by atomic mass is 32.2. The molecule has 1 saturated carbocycles. The maximum atomic E-state index is 3.65. The maximum Gasteiger partial charge on any atom is 0.0158 e. The van der Waals surface area contributed by atoms with E-state index in [1.54, 1.807) is 0 Å². The van der Waals surface area contributed by atoms with E-state index in [1.807, 2.05) is 0 Å². The molecule has 0 aromatic carbocycles. The Morgan fingerprint density at radius 2 is 2.12 bits per heavy atom. The van der Waals surface area contributed by atoms with Crippen molar-refractivity contribution in [1.29, 1.82) is 0 Å². The van der Waals surface area contributed by atoms with Gasteiger partial charge in [0.05, 0.1) is 0 Å². The molecule has 0 aromatic heterocycles. The van der Waals surface area contributed by atoms with E-state index < -0.39 is 0 Å². The standard InChI is InChI=1S/C13H26N2S/c1-12-11-16-9-8-15(12)7-6-14-10-13-4-2-3-5-13/h12-14H,2-11H2,1H3. The molecule has 3 heteroatoms. The Labute approximate surface area is 105 Å². The van der Waals surface area contributed by atoms with Gasteiger partial charge in [0.1, 0.15) is 0 Å². The first-order valence-corrected chi connectivity index (χ1v) is 8.04. The second-order valence-electron chi connectivity index (χ2n) is 5.31. The summed E-state index contributed by atoms with van der Waals surface area (Å²) in [7, 11) is 0. The molecule has 1 aliphatic heterocycles. The second-order valence-corrected chi connectivity index (χ2v) is 6.46. The Balaban J connectivity index is 1.53. The van der Waals surface area contributed by atoms with Crippen LogP contribution in [0.3, 0.4) is 0 Å². The highest BCUT2D eigenvalue weighted by molar-refractivity contribution is 7.99. The molecule has 1 unspecified atom stereocenters. The molecular formula is C13H26N2S. The lowest BCUT2D eigenvalue weighted by Crippen LogP contribution is -2.44. The molecule has 1 heterocycles. The van der Waals surface area contributed by atoms with Crippen molar-refractivity contribution in [2.45, 2.75) is 38.6 Å². The predicted octanol–water partition coefficient (Wildman–Crippen LogP) is 2.20. The highest BCUT2D eigenvalue weighted by Gasteiger charge is 2.18. The van der Waals surface area contributed by atoms with E-state index in [0.29, 0.717) is 0 Å². The van der Waals surface area contributed by atoms with Gasteiger partial charge in [-0.2, -0.15) is 11.8 Å². The highest BCUT2D eigenvalue weighted by Crippen LogP contribution is 2.23. The summed E-state index contributed by atoms with van der Waals surface area (Å²) in [6.07, 6.45) is 5.85. The monoisotopic (exact) mass is 242 g/mol. The van der Waals surface area contributed by atoms with Gasteiger partial charge in [0.2, 0.25) is 0 Å². The number of hydrogen-bond acceptors (Lipinski definition) is 3. The summed E-state index contributed by atoms with van der Waals surface area (Å²) in [6.45, 7) is 7.34. The second kappa shape index (κ2) is 6.87. The molecule has 0 aromatic rings. The summed E-state index contributed by atoms with van der Waals surface area (Å²) >= 11 is 2.10. The van der Waals surface area contributed by atoms with Crippen LogP contribution in [0.2, 0.25) is 0 Å². The maximum absolute atomic E-state index is 3.65. The third-order valence-corrected chi connectivity index (χ3v) is 5.18. The largest absolute Gasteiger partial charge is 0.315 e. The van der Waals surface area contributed by atoms with E-state index in [0.717, 1.165) is 12.0 Å². The zero-order chi connectivity index (χ0) is 11.2. The lowest BCUT2D eigenvalue weighted by molar-refractivity contribution is 0.231. The van der Waals surface area contributed by atoms with Gasteiger partial charge in [0.25, 0.3) is 0 Å². The predicted molar refractivity (Wildman–Crippen MR) is 73.2 cm³/mol. The molecule has 94 valence electrons. The summed E-state index contributed by atoms with van der Waals surface area (Å²) in [5.41, 5.74) is 0. The van der Waals surface area contributed by atoms with E-state index in [9.17, 15) is 0 Å². The third kappa shape index (κ3) is 3.94. The molecular weight excluding hydrogens is 216 g/mol. The van der Waals surface area contributed by atoms with Gasteiger partial charge in [-0.05, 0) is 32.2 Å². The van der Waals surface area contributed by atoms with Crippen LogP contribution in [-0.4, -0.2) is 48.6 Å². The fraction of sp³-hybridized carbons (Fsp3) is 1.00. The van der Waals surface area contributed by atoms with Crippen molar-refractivity contribution in [3.8, 4) is 0 Å². The number of nitrogens with zero attached hydrogens (tertiary/aromatic N) is 1. The van der Waals surface area contributed by atoms with E-state index in [-0.39, 0.29) is 0 Å². The Kier molecular flexibility index (Phi) is 5.46. The molecule has 1 atom stereocenters. The Morgan fingerprint density at radius 1 is 1.31 bits per heavy atom. The molecule has 0 amide bonds. The number of thioether (sulfide) groups is 1. The molecule has 0 radical (unpaired) electrons. The molecule has 2 fully saturated rings. The van der Waals surface area contributed by atoms with Crippen LogP contribution in [0.5, 0.6) is 0 Å². The van der Waals surface area contributed by atoms with E-state index >= 15 is 0 Å². The van der Waals surface area contributed by atoms with Crippen molar-refractivity contribution in [2.24, 2.45) is 5.92 Å². The SMILES string of the molecule is CC1CSCCN1CCNCC1CCCC1. The van der Waals surface area contributed by atoms with Crippen molar-refractivity contribution in [3.05, 3.63) is 0 Å². The number of nitrogens with one attached hydrogen (secondary N) is 1. The molecule has 2 rings (SSSR count). The zero-order valence-electron chi connectivity index (χ0n) is 10.6. The van der Waals surface area contributed by atoms with Gasteiger partial charge in [-0.25, -0.2) is 0 Å². The summed E-state index contributed by atoms with van der Waals surface area (Å²) in [5.74, 6) is 3.63. The molecule has 0 spiro atoms.